The number of aryl methyl sites for hydroxylation is 1. The Morgan fingerprint density at radius 3 is 3.18 bits per heavy atom. The lowest BCUT2D eigenvalue weighted by Gasteiger charge is -2.34. The van der Waals surface area contributed by atoms with Crippen LogP contribution in [0.3, 0.4) is 0 Å². The van der Waals surface area contributed by atoms with Crippen molar-refractivity contribution in [3.63, 3.8) is 0 Å². The van der Waals surface area contributed by atoms with E-state index in [1.807, 2.05) is 13.0 Å². The van der Waals surface area contributed by atoms with E-state index in [1.165, 1.54) is 32.5 Å². The number of rotatable bonds is 2. The quantitative estimate of drug-likeness (QED) is 0.874. The van der Waals surface area contributed by atoms with E-state index in [9.17, 15) is 0 Å². The third-order valence-electron chi connectivity index (χ3n) is 3.80. The lowest BCUT2D eigenvalue weighted by atomic mass is 9.93. The van der Waals surface area contributed by atoms with Crippen LogP contribution >= 0.6 is 12.4 Å². The molecule has 2 fully saturated rings. The first-order valence-corrected chi connectivity index (χ1v) is 6.19. The van der Waals surface area contributed by atoms with Gasteiger partial charge in [-0.1, -0.05) is 5.16 Å². The average molecular weight is 258 g/mol. The summed E-state index contributed by atoms with van der Waals surface area (Å²) < 4.78 is 5.27. The topological polar surface area (TPSA) is 41.3 Å². The molecule has 3 rings (SSSR count). The van der Waals surface area contributed by atoms with Crippen LogP contribution in [0.4, 0.5) is 0 Å². The zero-order valence-corrected chi connectivity index (χ0v) is 11.0. The molecule has 2 aliphatic heterocycles. The summed E-state index contributed by atoms with van der Waals surface area (Å²) in [6.07, 6.45) is 2.61. The van der Waals surface area contributed by atoms with Gasteiger partial charge in [0.15, 0.2) is 5.76 Å². The van der Waals surface area contributed by atoms with E-state index in [4.69, 9.17) is 4.52 Å². The number of likely N-dealkylation sites (tertiary alicyclic amines) is 1. The van der Waals surface area contributed by atoms with Gasteiger partial charge in [-0.05, 0) is 32.2 Å². The van der Waals surface area contributed by atoms with Gasteiger partial charge in [0, 0.05) is 25.2 Å². The summed E-state index contributed by atoms with van der Waals surface area (Å²) in [6.45, 7) is 6.47. The van der Waals surface area contributed by atoms with E-state index in [2.05, 4.69) is 15.4 Å². The Morgan fingerprint density at radius 2 is 2.41 bits per heavy atom. The molecule has 2 saturated heterocycles. The van der Waals surface area contributed by atoms with Crippen molar-refractivity contribution in [2.24, 2.45) is 5.92 Å². The Kier molecular flexibility index (Phi) is 4.07. The molecule has 0 radical (unpaired) electrons. The van der Waals surface area contributed by atoms with Gasteiger partial charge in [-0.2, -0.15) is 0 Å². The number of piperidine rings is 1. The van der Waals surface area contributed by atoms with Crippen LogP contribution in [-0.2, 0) is 6.54 Å². The number of fused-ring (bicyclic) bond motifs is 1. The Bertz CT molecular complexity index is 368. The maximum Gasteiger partial charge on any atom is 0.150 e. The van der Waals surface area contributed by atoms with E-state index in [-0.39, 0.29) is 12.4 Å². The second-order valence-corrected chi connectivity index (χ2v) is 5.07. The van der Waals surface area contributed by atoms with E-state index < -0.39 is 0 Å². The van der Waals surface area contributed by atoms with Gasteiger partial charge in [-0.3, -0.25) is 4.90 Å². The number of aromatic nitrogens is 1. The first-order chi connectivity index (χ1) is 7.81. The first kappa shape index (κ1) is 12.9. The zero-order chi connectivity index (χ0) is 11.0. The van der Waals surface area contributed by atoms with Crippen molar-refractivity contribution < 1.29 is 4.52 Å². The highest BCUT2D eigenvalue weighted by Gasteiger charge is 2.32. The highest BCUT2D eigenvalue weighted by Crippen LogP contribution is 2.25. The lowest BCUT2D eigenvalue weighted by Crippen LogP contribution is -2.43. The summed E-state index contributed by atoms with van der Waals surface area (Å²) in [6, 6.07) is 2.81. The summed E-state index contributed by atoms with van der Waals surface area (Å²) in [5, 5.41) is 7.52. The number of nitrogens with zero attached hydrogens (tertiary/aromatic N) is 2. The molecular formula is C12H20ClN3O. The number of hydrogen-bond acceptors (Lipinski definition) is 4. The number of hydrogen-bond donors (Lipinski definition) is 1. The molecule has 0 spiro atoms. The second kappa shape index (κ2) is 5.38. The molecule has 3 heterocycles. The molecule has 2 aliphatic rings. The molecule has 96 valence electrons. The van der Waals surface area contributed by atoms with Crippen molar-refractivity contribution in [2.45, 2.75) is 32.4 Å². The number of nitrogens with one attached hydrogen (secondary N) is 1. The molecule has 2 atom stereocenters. The lowest BCUT2D eigenvalue weighted by molar-refractivity contribution is 0.142. The molecular weight excluding hydrogens is 238 g/mol. The fourth-order valence-corrected chi connectivity index (χ4v) is 2.98. The van der Waals surface area contributed by atoms with Gasteiger partial charge in [-0.25, -0.2) is 0 Å². The summed E-state index contributed by atoms with van der Waals surface area (Å²) >= 11 is 0. The molecule has 1 aromatic rings. The zero-order valence-electron chi connectivity index (χ0n) is 10.2. The van der Waals surface area contributed by atoms with Crippen LogP contribution in [0.15, 0.2) is 10.6 Å². The van der Waals surface area contributed by atoms with Crippen molar-refractivity contribution in [2.75, 3.05) is 19.6 Å². The molecule has 5 heteroatoms. The molecule has 2 unspecified atom stereocenters. The molecule has 17 heavy (non-hydrogen) atoms. The maximum atomic E-state index is 5.27. The maximum absolute atomic E-state index is 5.27. The van der Waals surface area contributed by atoms with Gasteiger partial charge >= 0.3 is 0 Å². The molecule has 1 aromatic heterocycles. The smallest absolute Gasteiger partial charge is 0.150 e. The molecule has 0 bridgehead atoms. The average Bonchev–Trinajstić information content (AvgIpc) is 2.87. The highest BCUT2D eigenvalue weighted by molar-refractivity contribution is 5.85. The van der Waals surface area contributed by atoms with E-state index in [0.717, 1.165) is 30.0 Å². The van der Waals surface area contributed by atoms with Gasteiger partial charge in [0.1, 0.15) is 0 Å². The highest BCUT2D eigenvalue weighted by atomic mass is 35.5. The van der Waals surface area contributed by atoms with Crippen LogP contribution in [0.1, 0.15) is 24.3 Å². The van der Waals surface area contributed by atoms with Crippen LogP contribution in [0.25, 0.3) is 0 Å². The summed E-state index contributed by atoms with van der Waals surface area (Å²) in [7, 11) is 0. The Labute approximate surface area is 108 Å². The van der Waals surface area contributed by atoms with Crippen molar-refractivity contribution in [3.8, 4) is 0 Å². The molecule has 0 amide bonds. The fourth-order valence-electron chi connectivity index (χ4n) is 2.98. The third-order valence-corrected chi connectivity index (χ3v) is 3.80. The Balaban J connectivity index is 0.00000108. The molecule has 1 N–H and O–H groups in total. The minimum Gasteiger partial charge on any atom is -0.360 e. The largest absolute Gasteiger partial charge is 0.360 e. The van der Waals surface area contributed by atoms with Gasteiger partial charge in [-0.15, -0.1) is 12.4 Å². The van der Waals surface area contributed by atoms with Gasteiger partial charge in [0.05, 0.1) is 12.2 Å². The predicted molar refractivity (Wildman–Crippen MR) is 68.3 cm³/mol. The first-order valence-electron chi connectivity index (χ1n) is 6.19. The Morgan fingerprint density at radius 1 is 1.53 bits per heavy atom. The molecule has 4 nitrogen and oxygen atoms in total. The summed E-state index contributed by atoms with van der Waals surface area (Å²) in [5.41, 5.74) is 0.979. The molecule has 0 saturated carbocycles. The minimum absolute atomic E-state index is 0. The summed E-state index contributed by atoms with van der Waals surface area (Å²) in [4.78, 5) is 2.49. The third kappa shape index (κ3) is 2.81. The Hall–Kier alpha value is -0.580. The monoisotopic (exact) mass is 257 g/mol. The minimum atomic E-state index is 0. The van der Waals surface area contributed by atoms with Gasteiger partial charge in [0.25, 0.3) is 0 Å². The van der Waals surface area contributed by atoms with Crippen molar-refractivity contribution in [1.82, 2.24) is 15.4 Å². The van der Waals surface area contributed by atoms with Crippen molar-refractivity contribution in [1.29, 1.82) is 0 Å². The van der Waals surface area contributed by atoms with Crippen LogP contribution in [0.5, 0.6) is 0 Å². The van der Waals surface area contributed by atoms with Crippen LogP contribution in [0.2, 0.25) is 0 Å². The summed E-state index contributed by atoms with van der Waals surface area (Å²) in [5.74, 6) is 1.85. The van der Waals surface area contributed by atoms with Crippen LogP contribution < -0.4 is 5.32 Å². The standard InChI is InChI=1S/C12H19N3O.ClH/c1-9-6-11(16-14-9)8-15-5-3-12-10(7-15)2-4-13-12;/h6,10,12-13H,2-5,7-8H2,1H3;1H. The van der Waals surface area contributed by atoms with Crippen molar-refractivity contribution in [3.05, 3.63) is 17.5 Å². The van der Waals surface area contributed by atoms with Gasteiger partial charge in [0.2, 0.25) is 0 Å². The van der Waals surface area contributed by atoms with E-state index >= 15 is 0 Å². The predicted octanol–water partition coefficient (Wildman–Crippen LogP) is 1.59. The van der Waals surface area contributed by atoms with Crippen LogP contribution in [0, 0.1) is 12.8 Å². The fraction of sp³-hybridized carbons (Fsp3) is 0.750. The molecule has 0 aliphatic carbocycles. The normalized spacial score (nSPS) is 28.8. The van der Waals surface area contributed by atoms with Crippen molar-refractivity contribution >= 4 is 12.4 Å². The SMILES string of the molecule is Cc1cc(CN2CCC3NCCC3C2)on1.Cl. The molecule has 0 aromatic carbocycles. The number of halogens is 1. The van der Waals surface area contributed by atoms with E-state index in [0.29, 0.717) is 0 Å². The van der Waals surface area contributed by atoms with E-state index in [1.54, 1.807) is 0 Å². The van der Waals surface area contributed by atoms with Gasteiger partial charge < -0.3 is 9.84 Å². The van der Waals surface area contributed by atoms with Crippen LogP contribution in [-0.4, -0.2) is 35.7 Å². The second-order valence-electron chi connectivity index (χ2n) is 5.07.